The van der Waals surface area contributed by atoms with Gasteiger partial charge >= 0.3 is 11.9 Å². The van der Waals surface area contributed by atoms with E-state index in [2.05, 4.69) is 51.4 Å². The van der Waals surface area contributed by atoms with Crippen LogP contribution in [0.5, 0.6) is 0 Å². The van der Waals surface area contributed by atoms with Crippen molar-refractivity contribution in [2.45, 2.75) is 39.0 Å². The molecule has 3 rings (SSSR count). The molecule has 0 aliphatic carbocycles. The molecular formula is C29H35ClN2O6. The highest BCUT2D eigenvalue weighted by Gasteiger charge is 2.20. The van der Waals surface area contributed by atoms with Gasteiger partial charge in [-0.3, -0.25) is 4.79 Å². The lowest BCUT2D eigenvalue weighted by molar-refractivity contribution is -0.137. The van der Waals surface area contributed by atoms with Crippen LogP contribution in [-0.4, -0.2) is 49.8 Å². The number of hydrogen-bond acceptors (Lipinski definition) is 7. The standard InChI is InChI=1S/C25H31ClN2O2.C4H4O4/c1-2-30-25(29)11-8-17-27-16-6-3-7-18-28-23-10-5-4-9-20(23)12-13-21-14-15-22(26)19-24(21)28;5-3-8-2-1-4(6)7/h4-5,8-11,14-15,19,27H,2-3,6-7,12-13,16-18H2,1H3;1-3H,(H,6,7)/b11-8+;2-1-. The zero-order valence-corrected chi connectivity index (χ0v) is 22.4. The van der Waals surface area contributed by atoms with E-state index in [4.69, 9.17) is 21.4 Å². The van der Waals surface area contributed by atoms with Gasteiger partial charge in [0.05, 0.1) is 12.7 Å². The molecule has 0 radical (unpaired) electrons. The van der Waals surface area contributed by atoms with Gasteiger partial charge in [0.15, 0.2) is 0 Å². The Bertz CT molecular complexity index is 1100. The first-order chi connectivity index (χ1) is 18.5. The monoisotopic (exact) mass is 542 g/mol. The van der Waals surface area contributed by atoms with Gasteiger partial charge in [0.25, 0.3) is 6.47 Å². The molecule has 1 aliphatic rings. The number of carboxylic acids is 1. The number of aliphatic carboxylic acids is 1. The molecule has 0 saturated carbocycles. The van der Waals surface area contributed by atoms with Crippen molar-refractivity contribution < 1.29 is 29.0 Å². The van der Waals surface area contributed by atoms with Gasteiger partial charge in [-0.2, -0.15) is 0 Å². The first-order valence-corrected chi connectivity index (χ1v) is 13.0. The third kappa shape index (κ3) is 11.2. The van der Waals surface area contributed by atoms with Crippen LogP contribution >= 0.6 is 11.6 Å². The normalized spacial score (nSPS) is 12.2. The quantitative estimate of drug-likeness (QED) is 0.117. The van der Waals surface area contributed by atoms with Crippen LogP contribution in [0.1, 0.15) is 37.3 Å². The molecule has 0 saturated heterocycles. The maximum atomic E-state index is 11.2. The lowest BCUT2D eigenvalue weighted by Crippen LogP contribution is -2.20. The number of carbonyl (C=O) groups excluding carboxylic acids is 2. The fraction of sp³-hybridized carbons (Fsp3) is 0.345. The molecule has 204 valence electrons. The summed E-state index contributed by atoms with van der Waals surface area (Å²) in [5.41, 5.74) is 5.32. The number of para-hydroxylation sites is 1. The summed E-state index contributed by atoms with van der Waals surface area (Å²) in [7, 11) is 0. The molecule has 0 fully saturated rings. The van der Waals surface area contributed by atoms with E-state index in [0.717, 1.165) is 56.5 Å². The molecule has 8 nitrogen and oxygen atoms in total. The van der Waals surface area contributed by atoms with Gasteiger partial charge in [-0.25, -0.2) is 9.59 Å². The van der Waals surface area contributed by atoms with E-state index in [1.165, 1.54) is 28.6 Å². The summed E-state index contributed by atoms with van der Waals surface area (Å²) in [5, 5.41) is 12.0. The van der Waals surface area contributed by atoms with E-state index in [1.807, 2.05) is 12.1 Å². The molecule has 38 heavy (non-hydrogen) atoms. The highest BCUT2D eigenvalue weighted by molar-refractivity contribution is 6.30. The zero-order chi connectivity index (χ0) is 27.6. The molecular weight excluding hydrogens is 508 g/mol. The van der Waals surface area contributed by atoms with Crippen LogP contribution in [0.4, 0.5) is 11.4 Å². The van der Waals surface area contributed by atoms with Gasteiger partial charge in [0, 0.05) is 35.6 Å². The molecule has 2 aromatic carbocycles. The highest BCUT2D eigenvalue weighted by Crippen LogP contribution is 2.37. The van der Waals surface area contributed by atoms with Crippen LogP contribution in [0.15, 0.2) is 67.0 Å². The molecule has 2 N–H and O–H groups in total. The fourth-order valence-corrected chi connectivity index (χ4v) is 4.15. The van der Waals surface area contributed by atoms with E-state index < -0.39 is 5.97 Å². The van der Waals surface area contributed by atoms with Crippen LogP contribution < -0.4 is 10.2 Å². The van der Waals surface area contributed by atoms with Crippen molar-refractivity contribution in [2.24, 2.45) is 0 Å². The Morgan fingerprint density at radius 1 is 1.05 bits per heavy atom. The topological polar surface area (TPSA) is 105 Å². The summed E-state index contributed by atoms with van der Waals surface area (Å²) in [6.07, 6.45) is 10.3. The Morgan fingerprint density at radius 2 is 1.82 bits per heavy atom. The van der Waals surface area contributed by atoms with Crippen molar-refractivity contribution in [1.29, 1.82) is 0 Å². The summed E-state index contributed by atoms with van der Waals surface area (Å²) >= 11 is 6.33. The molecule has 1 heterocycles. The molecule has 0 bridgehead atoms. The summed E-state index contributed by atoms with van der Waals surface area (Å²) in [6.45, 7) is 4.96. The van der Waals surface area contributed by atoms with Crippen LogP contribution in [0.2, 0.25) is 5.02 Å². The van der Waals surface area contributed by atoms with Crippen molar-refractivity contribution in [1.82, 2.24) is 5.32 Å². The van der Waals surface area contributed by atoms with E-state index in [-0.39, 0.29) is 12.4 Å². The Labute approximate surface area is 228 Å². The summed E-state index contributed by atoms with van der Waals surface area (Å²) < 4.78 is 8.76. The molecule has 1 aliphatic heterocycles. The van der Waals surface area contributed by atoms with Crippen LogP contribution in [0.25, 0.3) is 0 Å². The molecule has 0 unspecified atom stereocenters. The molecule has 0 spiro atoms. The first kappa shape index (κ1) is 30.6. The zero-order valence-electron chi connectivity index (χ0n) is 21.6. The van der Waals surface area contributed by atoms with Crippen molar-refractivity contribution >= 4 is 41.4 Å². The van der Waals surface area contributed by atoms with Gasteiger partial charge in [-0.05, 0) is 68.5 Å². The predicted octanol–water partition coefficient (Wildman–Crippen LogP) is 5.21. The number of ether oxygens (including phenoxy) is 2. The third-order valence-electron chi connectivity index (χ3n) is 5.67. The summed E-state index contributed by atoms with van der Waals surface area (Å²) in [4.78, 5) is 32.6. The fourth-order valence-electron chi connectivity index (χ4n) is 3.98. The number of halogens is 1. The highest BCUT2D eigenvalue weighted by atomic mass is 35.5. The van der Waals surface area contributed by atoms with Gasteiger partial charge < -0.3 is 24.8 Å². The number of unbranched alkanes of at least 4 members (excludes halogenated alkanes) is 2. The molecule has 2 aromatic rings. The van der Waals surface area contributed by atoms with Gasteiger partial charge in [0.2, 0.25) is 0 Å². The second kappa shape index (κ2) is 17.8. The van der Waals surface area contributed by atoms with E-state index in [9.17, 15) is 14.4 Å². The third-order valence-corrected chi connectivity index (χ3v) is 5.90. The number of nitrogens with zero attached hydrogens (tertiary/aromatic N) is 1. The lowest BCUT2D eigenvalue weighted by atomic mass is 10.0. The first-order valence-electron chi connectivity index (χ1n) is 12.6. The van der Waals surface area contributed by atoms with Crippen LogP contribution in [0, 0.1) is 0 Å². The minimum absolute atomic E-state index is 0.138. The Kier molecular flexibility index (Phi) is 14.3. The number of hydrogen-bond donors (Lipinski definition) is 2. The minimum Gasteiger partial charge on any atom is -0.478 e. The molecule has 0 atom stereocenters. The largest absolute Gasteiger partial charge is 0.478 e. The van der Waals surface area contributed by atoms with Crippen molar-refractivity contribution in [3.05, 3.63) is 83.1 Å². The number of carbonyl (C=O) groups is 3. The Morgan fingerprint density at radius 3 is 2.55 bits per heavy atom. The Hall–Kier alpha value is -3.62. The minimum atomic E-state index is -1.15. The maximum absolute atomic E-state index is 11.2. The smallest absolute Gasteiger partial charge is 0.331 e. The van der Waals surface area contributed by atoms with Gasteiger partial charge in [0.1, 0.15) is 6.26 Å². The SMILES string of the molecule is CCOC(=O)/C=C/CNCCCCCN1c2ccccc2CCc2ccc(Cl)cc21.O=CO/C=C\C(=O)O. The van der Waals surface area contributed by atoms with Gasteiger partial charge in [-0.1, -0.05) is 48.4 Å². The lowest BCUT2D eigenvalue weighted by Gasteiger charge is -2.27. The maximum Gasteiger partial charge on any atom is 0.331 e. The van der Waals surface area contributed by atoms with Gasteiger partial charge in [-0.15, -0.1) is 0 Å². The molecule has 0 aromatic heterocycles. The number of anilines is 2. The number of benzene rings is 2. The number of nitrogens with one attached hydrogen (secondary N) is 1. The molecule has 0 amide bonds. The second-order valence-electron chi connectivity index (χ2n) is 8.35. The summed E-state index contributed by atoms with van der Waals surface area (Å²) in [5.74, 6) is -1.43. The molecule has 9 heteroatoms. The number of rotatable bonds is 13. The van der Waals surface area contributed by atoms with Crippen molar-refractivity contribution in [3.63, 3.8) is 0 Å². The Balaban J connectivity index is 0.000000550. The van der Waals surface area contributed by atoms with Crippen LogP contribution in [-0.2, 0) is 36.7 Å². The number of fused-ring (bicyclic) bond motifs is 2. The summed E-state index contributed by atoms with van der Waals surface area (Å²) in [6, 6.07) is 15.0. The predicted molar refractivity (Wildman–Crippen MR) is 149 cm³/mol. The van der Waals surface area contributed by atoms with Crippen LogP contribution in [0.3, 0.4) is 0 Å². The average molecular weight is 543 g/mol. The van der Waals surface area contributed by atoms with Crippen molar-refractivity contribution in [2.75, 3.05) is 31.1 Å². The van der Waals surface area contributed by atoms with Crippen molar-refractivity contribution in [3.8, 4) is 0 Å². The number of aryl methyl sites for hydroxylation is 2. The average Bonchev–Trinajstić information content (AvgIpc) is 3.05. The van der Waals surface area contributed by atoms with E-state index in [0.29, 0.717) is 19.2 Å². The number of carboxylic acid groups (broad SMARTS) is 1. The van der Waals surface area contributed by atoms with E-state index in [1.54, 1.807) is 6.92 Å². The second-order valence-corrected chi connectivity index (χ2v) is 8.78. The van der Waals surface area contributed by atoms with E-state index >= 15 is 0 Å². The number of esters is 1.